The van der Waals surface area contributed by atoms with Gasteiger partial charge >= 0.3 is 0 Å². The van der Waals surface area contributed by atoms with Gasteiger partial charge < -0.3 is 14.2 Å². The van der Waals surface area contributed by atoms with Crippen molar-refractivity contribution in [3.8, 4) is 5.75 Å². The smallest absolute Gasteiger partial charge is 0.219 e. The van der Waals surface area contributed by atoms with Crippen molar-refractivity contribution < 1.29 is 14.4 Å². The van der Waals surface area contributed by atoms with Gasteiger partial charge in [-0.3, -0.25) is 4.79 Å². The highest BCUT2D eigenvalue weighted by molar-refractivity contribution is 6.10. The Morgan fingerprint density at radius 3 is 2.74 bits per heavy atom. The average Bonchev–Trinajstić information content (AvgIpc) is 2.96. The first-order valence-electron chi connectivity index (χ1n) is 10.1. The number of aromatic nitrogens is 1. The van der Waals surface area contributed by atoms with Crippen molar-refractivity contribution in [2.45, 2.75) is 53.0 Å². The zero-order chi connectivity index (χ0) is 19.6. The molecule has 0 spiro atoms. The number of rotatable bonds is 4. The number of nitrogens with one attached hydrogen (secondary N) is 1. The summed E-state index contributed by atoms with van der Waals surface area (Å²) in [5, 5.41) is 1.02. The van der Waals surface area contributed by atoms with Gasteiger partial charge in [0.2, 0.25) is 5.78 Å². The number of nitrogens with zero attached hydrogens (tertiary/aromatic N) is 1. The fraction of sp³-hybridized carbons (Fsp3) is 0.609. The van der Waals surface area contributed by atoms with Gasteiger partial charge in [0.15, 0.2) is 0 Å². The number of hydrogen-bond acceptors (Lipinski definition) is 2. The van der Waals surface area contributed by atoms with Crippen molar-refractivity contribution in [1.29, 1.82) is 0 Å². The summed E-state index contributed by atoms with van der Waals surface area (Å²) in [5.74, 6) is 1.08. The molecule has 4 heteroatoms. The molecule has 1 N–H and O–H groups in total. The Hall–Kier alpha value is -1.81. The molecule has 3 atom stereocenters. The number of Topliss-reactive ketones (excluding diaryl/α,β-unsaturated/α-hetero) is 1. The Kier molecular flexibility index (Phi) is 4.19. The van der Waals surface area contributed by atoms with Crippen molar-refractivity contribution in [2.24, 2.45) is 17.9 Å². The maximum absolute atomic E-state index is 13.4. The lowest BCUT2D eigenvalue weighted by Gasteiger charge is -2.37. The van der Waals surface area contributed by atoms with Gasteiger partial charge in [-0.25, -0.2) is 0 Å². The van der Waals surface area contributed by atoms with Crippen LogP contribution in [0, 0.1) is 17.8 Å². The Morgan fingerprint density at radius 2 is 2.04 bits per heavy atom. The molecular formula is C23H33N2O2+. The summed E-state index contributed by atoms with van der Waals surface area (Å²) in [6, 6.07) is 6.65. The van der Waals surface area contributed by atoms with Crippen LogP contribution in [0.3, 0.4) is 0 Å². The van der Waals surface area contributed by atoms with Crippen molar-refractivity contribution in [1.82, 2.24) is 4.57 Å². The zero-order valence-electron chi connectivity index (χ0n) is 17.6. The standard InChI is InChI=1S/C23H32N2O2/c1-15-21(18-9-17(27-6)7-8-19(18)24(15)5)20(26)12-25-14-23(4)11-16(25)10-22(2,3)13-23/h7-9,16H,10-14H2,1-6H3/p+1/t16-,23-/m0/s1. The number of ether oxygens (including phenoxy) is 1. The number of fused-ring (bicyclic) bond motifs is 3. The van der Waals surface area contributed by atoms with E-state index in [-0.39, 0.29) is 5.78 Å². The number of ketones is 1. The van der Waals surface area contributed by atoms with Crippen LogP contribution in [-0.4, -0.2) is 36.6 Å². The van der Waals surface area contributed by atoms with E-state index in [2.05, 4.69) is 38.3 Å². The molecule has 1 aromatic carbocycles. The topological polar surface area (TPSA) is 35.7 Å². The van der Waals surface area contributed by atoms with Crippen LogP contribution in [0.25, 0.3) is 10.9 Å². The SMILES string of the molecule is COc1ccc2c(c1)c(C(=O)C[NH+]1C[C@@]3(C)C[C@@H]1CC(C)(C)C3)c(C)n2C. The number of carbonyl (C=O) groups excluding carboxylic acids is 1. The lowest BCUT2D eigenvalue weighted by atomic mass is 9.65. The van der Waals surface area contributed by atoms with E-state index in [1.807, 2.05) is 19.2 Å². The van der Waals surface area contributed by atoms with Crippen LogP contribution in [0.4, 0.5) is 0 Å². The number of quaternary nitrogens is 1. The Bertz CT molecular complexity index is 911. The first kappa shape index (κ1) is 18.5. The summed E-state index contributed by atoms with van der Waals surface area (Å²) < 4.78 is 7.54. The molecule has 1 aliphatic carbocycles. The Labute approximate surface area is 162 Å². The van der Waals surface area contributed by atoms with Crippen molar-refractivity contribution >= 4 is 16.7 Å². The molecule has 4 rings (SSSR count). The number of likely N-dealkylation sites (tertiary alicyclic amines) is 1. The highest BCUT2D eigenvalue weighted by Crippen LogP contribution is 2.47. The zero-order valence-corrected chi connectivity index (χ0v) is 17.6. The molecular weight excluding hydrogens is 336 g/mol. The van der Waals surface area contributed by atoms with Gasteiger partial charge in [-0.05, 0) is 37.0 Å². The lowest BCUT2D eigenvalue weighted by Crippen LogP contribution is -3.14. The van der Waals surface area contributed by atoms with Gasteiger partial charge in [0, 0.05) is 41.9 Å². The van der Waals surface area contributed by atoms with Gasteiger partial charge in [0.25, 0.3) is 0 Å². The molecule has 1 aromatic heterocycles. The lowest BCUT2D eigenvalue weighted by molar-refractivity contribution is -0.906. The van der Waals surface area contributed by atoms with Crippen molar-refractivity contribution in [3.05, 3.63) is 29.5 Å². The summed E-state index contributed by atoms with van der Waals surface area (Å²) >= 11 is 0. The maximum Gasteiger partial charge on any atom is 0.219 e. The number of aryl methyl sites for hydroxylation is 1. The molecule has 1 aliphatic heterocycles. The molecule has 4 nitrogen and oxygen atoms in total. The molecule has 1 unspecified atom stereocenters. The van der Waals surface area contributed by atoms with Gasteiger partial charge in [-0.1, -0.05) is 20.8 Å². The van der Waals surface area contributed by atoms with Gasteiger partial charge in [-0.15, -0.1) is 0 Å². The normalized spacial score (nSPS) is 29.3. The van der Waals surface area contributed by atoms with Crippen molar-refractivity contribution in [3.63, 3.8) is 0 Å². The molecule has 1 saturated heterocycles. The molecule has 1 saturated carbocycles. The summed E-state index contributed by atoms with van der Waals surface area (Å²) in [6.07, 6.45) is 3.77. The Morgan fingerprint density at radius 1 is 1.30 bits per heavy atom. The molecule has 27 heavy (non-hydrogen) atoms. The molecule has 2 aromatic rings. The molecule has 2 bridgehead atoms. The average molecular weight is 370 g/mol. The third kappa shape index (κ3) is 3.08. The maximum atomic E-state index is 13.4. The minimum absolute atomic E-state index is 0.273. The minimum Gasteiger partial charge on any atom is -0.497 e. The first-order valence-corrected chi connectivity index (χ1v) is 10.1. The van der Waals surface area contributed by atoms with E-state index in [4.69, 9.17) is 4.74 Å². The fourth-order valence-corrected chi connectivity index (χ4v) is 6.28. The van der Waals surface area contributed by atoms with Crippen LogP contribution >= 0.6 is 0 Å². The van der Waals surface area contributed by atoms with E-state index in [1.165, 1.54) is 24.2 Å². The molecule has 0 radical (unpaired) electrons. The summed E-state index contributed by atoms with van der Waals surface area (Å²) in [5.41, 5.74) is 3.81. The van der Waals surface area contributed by atoms with Crippen LogP contribution in [-0.2, 0) is 7.05 Å². The van der Waals surface area contributed by atoms with E-state index < -0.39 is 0 Å². The summed E-state index contributed by atoms with van der Waals surface area (Å²) in [7, 11) is 3.72. The van der Waals surface area contributed by atoms with Crippen LogP contribution < -0.4 is 9.64 Å². The summed E-state index contributed by atoms with van der Waals surface area (Å²) in [4.78, 5) is 14.9. The second-order valence-electron chi connectivity index (χ2n) is 10.1. The first-order chi connectivity index (χ1) is 12.6. The molecule has 146 valence electrons. The quantitative estimate of drug-likeness (QED) is 0.841. The highest BCUT2D eigenvalue weighted by atomic mass is 16.5. The van der Waals surface area contributed by atoms with Crippen LogP contribution in [0.15, 0.2) is 18.2 Å². The largest absolute Gasteiger partial charge is 0.497 e. The third-order valence-electron chi connectivity index (χ3n) is 7.04. The molecule has 2 aliphatic rings. The van der Waals surface area contributed by atoms with E-state index in [9.17, 15) is 4.79 Å². The number of hydrogen-bond donors (Lipinski definition) is 1. The molecule has 2 heterocycles. The predicted octanol–water partition coefficient (Wildman–Crippen LogP) is 3.16. The van der Waals surface area contributed by atoms with Crippen LogP contribution in [0.1, 0.15) is 56.1 Å². The molecule has 0 amide bonds. The number of carbonyl (C=O) groups is 1. The van der Waals surface area contributed by atoms with E-state index in [0.29, 0.717) is 23.4 Å². The second-order valence-corrected chi connectivity index (χ2v) is 10.1. The second kappa shape index (κ2) is 6.10. The van der Waals surface area contributed by atoms with E-state index in [1.54, 1.807) is 7.11 Å². The number of benzene rings is 1. The third-order valence-corrected chi connectivity index (χ3v) is 7.04. The minimum atomic E-state index is 0.273. The van der Waals surface area contributed by atoms with Crippen molar-refractivity contribution in [2.75, 3.05) is 20.2 Å². The van der Waals surface area contributed by atoms with Crippen LogP contribution in [0.5, 0.6) is 5.75 Å². The van der Waals surface area contributed by atoms with E-state index >= 15 is 0 Å². The fourth-order valence-electron chi connectivity index (χ4n) is 6.28. The summed E-state index contributed by atoms with van der Waals surface area (Å²) in [6.45, 7) is 11.0. The van der Waals surface area contributed by atoms with Gasteiger partial charge in [-0.2, -0.15) is 0 Å². The predicted molar refractivity (Wildman–Crippen MR) is 109 cm³/mol. The highest BCUT2D eigenvalue weighted by Gasteiger charge is 2.53. The van der Waals surface area contributed by atoms with Crippen LogP contribution in [0.2, 0.25) is 0 Å². The Balaban J connectivity index is 1.65. The number of methoxy groups -OCH3 is 1. The van der Waals surface area contributed by atoms with Gasteiger partial charge in [0.05, 0.1) is 25.3 Å². The molecule has 2 fully saturated rings. The van der Waals surface area contributed by atoms with E-state index in [0.717, 1.165) is 34.5 Å². The van der Waals surface area contributed by atoms with Gasteiger partial charge in [0.1, 0.15) is 12.3 Å². The monoisotopic (exact) mass is 369 g/mol.